The van der Waals surface area contributed by atoms with Crippen molar-refractivity contribution in [2.45, 2.75) is 33.9 Å². The molecule has 1 aliphatic rings. The van der Waals surface area contributed by atoms with Crippen molar-refractivity contribution < 1.29 is 23.1 Å². The topological polar surface area (TPSA) is 131 Å². The molecule has 196 valence electrons. The number of aliphatic hydroxyl groups is 1. The minimum absolute atomic E-state index is 0.0913. The van der Waals surface area contributed by atoms with Gasteiger partial charge in [0.1, 0.15) is 5.75 Å². The molecule has 2 aromatic carbocycles. The number of nitrogens with one attached hydrogen (secondary N) is 1. The molecule has 1 aliphatic carbocycles. The fraction of sp³-hybridized carbons (Fsp3) is 0.231. The van der Waals surface area contributed by atoms with Gasteiger partial charge in [-0.2, -0.15) is 0 Å². The van der Waals surface area contributed by atoms with Crippen LogP contribution in [0, 0.1) is 6.92 Å². The van der Waals surface area contributed by atoms with Crippen LogP contribution in [0.1, 0.15) is 33.3 Å². The zero-order valence-corrected chi connectivity index (χ0v) is 23.2. The van der Waals surface area contributed by atoms with Gasteiger partial charge in [-0.25, -0.2) is 8.42 Å². The van der Waals surface area contributed by atoms with E-state index in [4.69, 9.17) is 4.74 Å². The molecule has 0 spiro atoms. The molecule has 2 N–H and O–H groups in total. The summed E-state index contributed by atoms with van der Waals surface area (Å²) in [5.74, 6) is -0.0527. The first-order valence-corrected chi connectivity index (χ1v) is 15.2. The van der Waals surface area contributed by atoms with Gasteiger partial charge in [0.2, 0.25) is 5.13 Å². The number of nitrogens with zero attached hydrogens (tertiary/aromatic N) is 3. The highest BCUT2D eigenvalue weighted by atomic mass is 32.2. The number of aryl methyl sites for hydroxylation is 1. The SMILES string of the molecule is COc1ccc(S(C)(=O)=O)cc1-c1cc(C)ncc1C(=O)Nc1nnc(S[C@H]2Cc3ccccc3[C@H]2O)s1. The van der Waals surface area contributed by atoms with Crippen LogP contribution in [0.2, 0.25) is 0 Å². The van der Waals surface area contributed by atoms with Gasteiger partial charge in [0, 0.05) is 34.5 Å². The molecule has 4 aromatic rings. The lowest BCUT2D eigenvalue weighted by molar-refractivity contribution is 0.102. The van der Waals surface area contributed by atoms with Gasteiger partial charge in [0.25, 0.3) is 5.91 Å². The van der Waals surface area contributed by atoms with Gasteiger partial charge in [-0.15, -0.1) is 10.2 Å². The number of sulfone groups is 1. The summed E-state index contributed by atoms with van der Waals surface area (Å²) in [5.41, 5.74) is 3.85. The fourth-order valence-corrected chi connectivity index (χ4v) is 7.14. The first-order valence-electron chi connectivity index (χ1n) is 11.6. The van der Waals surface area contributed by atoms with Crippen molar-refractivity contribution in [2.75, 3.05) is 18.7 Å². The molecule has 12 heteroatoms. The van der Waals surface area contributed by atoms with E-state index in [1.54, 1.807) is 19.1 Å². The molecule has 0 saturated heterocycles. The maximum Gasteiger partial charge on any atom is 0.259 e. The Kier molecular flexibility index (Phi) is 7.23. The number of hydrogen-bond donors (Lipinski definition) is 2. The van der Waals surface area contributed by atoms with Crippen molar-refractivity contribution in [3.05, 3.63) is 77.1 Å². The van der Waals surface area contributed by atoms with Crippen LogP contribution in [-0.4, -0.2) is 53.2 Å². The highest BCUT2D eigenvalue weighted by Crippen LogP contribution is 2.42. The zero-order chi connectivity index (χ0) is 27.0. The number of methoxy groups -OCH3 is 1. The molecular weight excluding hydrogens is 545 g/mol. The van der Waals surface area contributed by atoms with Gasteiger partial charge in [0.05, 0.1) is 23.7 Å². The monoisotopic (exact) mass is 568 g/mol. The minimum Gasteiger partial charge on any atom is -0.496 e. The molecule has 0 bridgehead atoms. The van der Waals surface area contributed by atoms with Crippen LogP contribution in [0.25, 0.3) is 11.1 Å². The first kappa shape index (κ1) is 26.3. The van der Waals surface area contributed by atoms with Crippen molar-refractivity contribution in [3.63, 3.8) is 0 Å². The Morgan fingerprint density at radius 3 is 2.68 bits per heavy atom. The average molecular weight is 569 g/mol. The van der Waals surface area contributed by atoms with Crippen LogP contribution < -0.4 is 10.1 Å². The quantitative estimate of drug-likeness (QED) is 0.313. The van der Waals surface area contributed by atoms with E-state index in [1.807, 2.05) is 24.3 Å². The number of amides is 1. The molecule has 2 aromatic heterocycles. The summed E-state index contributed by atoms with van der Waals surface area (Å²) in [6.45, 7) is 1.78. The Morgan fingerprint density at radius 1 is 1.16 bits per heavy atom. The summed E-state index contributed by atoms with van der Waals surface area (Å²) in [5, 5.41) is 22.0. The lowest BCUT2D eigenvalue weighted by Crippen LogP contribution is -2.14. The minimum atomic E-state index is -3.49. The van der Waals surface area contributed by atoms with E-state index in [1.165, 1.54) is 48.5 Å². The molecule has 2 heterocycles. The fourth-order valence-electron chi connectivity index (χ4n) is 4.34. The summed E-state index contributed by atoms with van der Waals surface area (Å²) in [7, 11) is -2.01. The molecular formula is C26H24N4O5S3. The maximum absolute atomic E-state index is 13.3. The van der Waals surface area contributed by atoms with E-state index in [2.05, 4.69) is 20.5 Å². The normalized spacial score (nSPS) is 16.7. The summed E-state index contributed by atoms with van der Waals surface area (Å²) >= 11 is 2.64. The predicted octanol–water partition coefficient (Wildman–Crippen LogP) is 4.32. The highest BCUT2D eigenvalue weighted by Gasteiger charge is 2.32. The second-order valence-corrected chi connectivity index (χ2v) is 13.3. The second-order valence-electron chi connectivity index (χ2n) is 8.84. The number of aromatic nitrogens is 3. The van der Waals surface area contributed by atoms with Crippen LogP contribution in [0.3, 0.4) is 0 Å². The van der Waals surface area contributed by atoms with Gasteiger partial charge in [0.15, 0.2) is 14.2 Å². The van der Waals surface area contributed by atoms with E-state index in [-0.39, 0.29) is 15.7 Å². The van der Waals surface area contributed by atoms with Gasteiger partial charge in [-0.05, 0) is 48.7 Å². The lowest BCUT2D eigenvalue weighted by Gasteiger charge is -2.14. The van der Waals surface area contributed by atoms with E-state index in [9.17, 15) is 18.3 Å². The smallest absolute Gasteiger partial charge is 0.259 e. The van der Waals surface area contributed by atoms with Crippen molar-refractivity contribution in [1.82, 2.24) is 15.2 Å². The molecule has 2 atom stereocenters. The number of anilines is 1. The van der Waals surface area contributed by atoms with E-state index < -0.39 is 21.8 Å². The van der Waals surface area contributed by atoms with Crippen molar-refractivity contribution >= 4 is 44.0 Å². The number of fused-ring (bicyclic) bond motifs is 1. The number of aliphatic hydroxyl groups excluding tert-OH is 1. The third-order valence-electron chi connectivity index (χ3n) is 6.20. The Morgan fingerprint density at radius 2 is 1.95 bits per heavy atom. The largest absolute Gasteiger partial charge is 0.496 e. The first-order chi connectivity index (χ1) is 18.1. The van der Waals surface area contributed by atoms with Gasteiger partial charge >= 0.3 is 0 Å². The summed E-state index contributed by atoms with van der Waals surface area (Å²) in [4.78, 5) is 17.7. The Hall–Kier alpha value is -3.32. The van der Waals surface area contributed by atoms with E-state index >= 15 is 0 Å². The molecule has 38 heavy (non-hydrogen) atoms. The summed E-state index contributed by atoms with van der Waals surface area (Å²) < 4.78 is 30.5. The van der Waals surface area contributed by atoms with E-state index in [0.29, 0.717) is 32.0 Å². The number of carbonyl (C=O) groups is 1. The third-order valence-corrected chi connectivity index (χ3v) is 9.49. The molecule has 5 rings (SSSR count). The number of hydrogen-bond acceptors (Lipinski definition) is 10. The van der Waals surface area contributed by atoms with Gasteiger partial charge in [-0.1, -0.05) is 47.4 Å². The van der Waals surface area contributed by atoms with Crippen LogP contribution in [0.5, 0.6) is 5.75 Å². The predicted molar refractivity (Wildman–Crippen MR) is 147 cm³/mol. The molecule has 1 amide bonds. The van der Waals surface area contributed by atoms with Crippen LogP contribution >= 0.6 is 23.1 Å². The second kappa shape index (κ2) is 10.4. The standard InChI is InChI=1S/C26H24N4O5S3/c1-14-10-18(19-12-16(38(3,33)34)8-9-21(19)35-2)20(13-27-14)24(32)28-25-29-30-26(37-25)36-22-11-15-6-4-5-7-17(15)23(22)31/h4-10,12-13,22-23,31H,11H2,1-3H3,(H,28,29,32)/t22-,23+/m0/s1. The number of carbonyl (C=O) groups excluding carboxylic acids is 1. The lowest BCUT2D eigenvalue weighted by atomic mass is 9.99. The zero-order valence-electron chi connectivity index (χ0n) is 20.7. The molecule has 0 fully saturated rings. The summed E-state index contributed by atoms with van der Waals surface area (Å²) in [6, 6.07) is 14.0. The Labute approximate surface area is 228 Å². The van der Waals surface area contributed by atoms with Gasteiger partial charge < -0.3 is 9.84 Å². The molecule has 0 saturated carbocycles. The van der Waals surface area contributed by atoms with Crippen molar-refractivity contribution in [2.24, 2.45) is 0 Å². The molecule has 0 radical (unpaired) electrons. The Balaban J connectivity index is 1.39. The number of rotatable bonds is 7. The number of ether oxygens (including phenoxy) is 1. The van der Waals surface area contributed by atoms with Crippen LogP contribution in [0.4, 0.5) is 5.13 Å². The number of thioether (sulfide) groups is 1. The molecule has 9 nitrogen and oxygen atoms in total. The van der Waals surface area contributed by atoms with Crippen molar-refractivity contribution in [3.8, 4) is 16.9 Å². The van der Waals surface area contributed by atoms with E-state index in [0.717, 1.165) is 23.8 Å². The Bertz CT molecular complexity index is 1640. The third kappa shape index (κ3) is 5.30. The van der Waals surface area contributed by atoms with Crippen LogP contribution in [-0.2, 0) is 16.3 Å². The average Bonchev–Trinajstić information content (AvgIpc) is 3.46. The molecule has 0 aliphatic heterocycles. The maximum atomic E-state index is 13.3. The van der Waals surface area contributed by atoms with Gasteiger partial charge in [-0.3, -0.25) is 15.1 Å². The summed E-state index contributed by atoms with van der Waals surface area (Å²) in [6.07, 6.45) is 2.68. The number of pyridine rings is 1. The number of benzene rings is 2. The van der Waals surface area contributed by atoms with Crippen LogP contribution in [0.15, 0.2) is 64.0 Å². The highest BCUT2D eigenvalue weighted by molar-refractivity contribution is 8.01. The molecule has 0 unspecified atom stereocenters. The van der Waals surface area contributed by atoms with Crippen molar-refractivity contribution in [1.29, 1.82) is 0 Å².